The number of hydrogen-bond acceptors (Lipinski definition) is 1. The molecule has 1 nitrogen and oxygen atoms in total. The Bertz CT molecular complexity index is 340. The maximum absolute atomic E-state index is 13.0. The van der Waals surface area contributed by atoms with Crippen LogP contribution in [0, 0.1) is 9.39 Å². The highest BCUT2D eigenvalue weighted by atomic mass is 127. The van der Waals surface area contributed by atoms with Gasteiger partial charge in [-0.2, -0.15) is 0 Å². The summed E-state index contributed by atoms with van der Waals surface area (Å²) in [7, 11) is 0. The molecule has 2 rings (SSSR count). The lowest BCUT2D eigenvalue weighted by atomic mass is 9.95. The van der Waals surface area contributed by atoms with E-state index in [9.17, 15) is 4.39 Å². The van der Waals surface area contributed by atoms with Gasteiger partial charge in [-0.3, -0.25) is 0 Å². The second-order valence-electron chi connectivity index (χ2n) is 3.87. The van der Waals surface area contributed by atoms with E-state index in [1.807, 2.05) is 34.7 Å². The molecule has 0 spiro atoms. The summed E-state index contributed by atoms with van der Waals surface area (Å²) in [5.74, 6) is 0.296. The van der Waals surface area contributed by atoms with Crippen LogP contribution >= 0.6 is 22.6 Å². The number of halogens is 2. The molecule has 0 heterocycles. The van der Waals surface area contributed by atoms with Crippen molar-refractivity contribution in [3.8, 4) is 0 Å². The topological polar surface area (TPSA) is 26.0 Å². The van der Waals surface area contributed by atoms with Gasteiger partial charge in [0.05, 0.1) is 0 Å². The van der Waals surface area contributed by atoms with Gasteiger partial charge in [0.1, 0.15) is 5.82 Å². The van der Waals surface area contributed by atoms with Gasteiger partial charge in [0.2, 0.25) is 0 Å². The van der Waals surface area contributed by atoms with Gasteiger partial charge >= 0.3 is 0 Å². The molecule has 2 N–H and O–H groups in total. The zero-order valence-corrected chi connectivity index (χ0v) is 10.00. The lowest BCUT2D eigenvalue weighted by Crippen LogP contribution is -2.22. The Morgan fingerprint density at radius 2 is 2.14 bits per heavy atom. The average molecular weight is 305 g/mol. The lowest BCUT2D eigenvalue weighted by molar-refractivity contribution is 0.599. The van der Waals surface area contributed by atoms with E-state index in [2.05, 4.69) is 0 Å². The van der Waals surface area contributed by atoms with Crippen LogP contribution in [0.15, 0.2) is 18.2 Å². The van der Waals surface area contributed by atoms with Gasteiger partial charge < -0.3 is 5.73 Å². The molecule has 0 amide bonds. The Kier molecular flexibility index (Phi) is 3.07. The van der Waals surface area contributed by atoms with Crippen molar-refractivity contribution in [3.05, 3.63) is 33.1 Å². The van der Waals surface area contributed by atoms with E-state index in [1.54, 1.807) is 6.07 Å². The molecule has 1 aromatic carbocycles. The Hall–Kier alpha value is -0.160. The van der Waals surface area contributed by atoms with Crippen LogP contribution in [-0.2, 0) is 0 Å². The first-order valence-electron chi connectivity index (χ1n) is 4.89. The first-order chi connectivity index (χ1) is 6.68. The molecule has 0 aliphatic heterocycles. The van der Waals surface area contributed by atoms with Crippen LogP contribution in [0.2, 0.25) is 0 Å². The largest absolute Gasteiger partial charge is 0.327 e. The van der Waals surface area contributed by atoms with E-state index in [0.29, 0.717) is 9.49 Å². The zero-order chi connectivity index (χ0) is 10.1. The summed E-state index contributed by atoms with van der Waals surface area (Å²) in [5, 5.41) is 0. The Morgan fingerprint density at radius 1 is 1.36 bits per heavy atom. The maximum Gasteiger partial charge on any atom is 0.136 e. The molecule has 2 unspecified atom stereocenters. The van der Waals surface area contributed by atoms with Crippen LogP contribution in [0.4, 0.5) is 4.39 Å². The molecule has 1 fully saturated rings. The molecule has 0 aromatic heterocycles. The smallest absolute Gasteiger partial charge is 0.136 e. The fraction of sp³-hybridized carbons (Fsp3) is 0.455. The van der Waals surface area contributed by atoms with Crippen LogP contribution in [0.25, 0.3) is 0 Å². The van der Waals surface area contributed by atoms with Crippen LogP contribution in [0.1, 0.15) is 30.7 Å². The summed E-state index contributed by atoms with van der Waals surface area (Å²) in [6.45, 7) is 0. The Morgan fingerprint density at radius 3 is 2.71 bits per heavy atom. The van der Waals surface area contributed by atoms with E-state index >= 15 is 0 Å². The molecule has 0 radical (unpaired) electrons. The minimum absolute atomic E-state index is 0.138. The molecule has 3 heteroatoms. The number of benzene rings is 1. The molecule has 76 valence electrons. The Labute approximate surface area is 97.0 Å². The van der Waals surface area contributed by atoms with Gasteiger partial charge in [-0.05, 0) is 59.0 Å². The van der Waals surface area contributed by atoms with Gasteiger partial charge in [-0.25, -0.2) is 4.39 Å². The Balaban J connectivity index is 2.28. The van der Waals surface area contributed by atoms with E-state index in [1.165, 1.54) is 12.0 Å². The zero-order valence-electron chi connectivity index (χ0n) is 7.84. The number of rotatable bonds is 1. The van der Waals surface area contributed by atoms with Crippen molar-refractivity contribution in [1.29, 1.82) is 0 Å². The molecular formula is C11H13FIN. The van der Waals surface area contributed by atoms with Crippen molar-refractivity contribution in [2.75, 3.05) is 0 Å². The predicted molar refractivity (Wildman–Crippen MR) is 63.7 cm³/mol. The lowest BCUT2D eigenvalue weighted by Gasteiger charge is -2.15. The molecule has 0 saturated heterocycles. The molecule has 14 heavy (non-hydrogen) atoms. The average Bonchev–Trinajstić information content (AvgIpc) is 2.57. The second kappa shape index (κ2) is 4.14. The highest BCUT2D eigenvalue weighted by Gasteiger charge is 2.25. The standard InChI is InChI=1S/C11H13FIN/c12-9-5-4-7(6-10(9)13)8-2-1-3-11(8)14/h4-6,8,11H,1-3,14H2. The van der Waals surface area contributed by atoms with Crippen molar-refractivity contribution in [3.63, 3.8) is 0 Å². The minimum Gasteiger partial charge on any atom is -0.327 e. The van der Waals surface area contributed by atoms with Crippen LogP contribution in [0.3, 0.4) is 0 Å². The first-order valence-corrected chi connectivity index (χ1v) is 5.97. The summed E-state index contributed by atoms with van der Waals surface area (Å²) < 4.78 is 13.7. The molecule has 1 saturated carbocycles. The van der Waals surface area contributed by atoms with Crippen molar-refractivity contribution in [1.82, 2.24) is 0 Å². The van der Waals surface area contributed by atoms with Gasteiger partial charge in [-0.1, -0.05) is 12.5 Å². The highest BCUT2D eigenvalue weighted by molar-refractivity contribution is 14.1. The van der Waals surface area contributed by atoms with E-state index in [-0.39, 0.29) is 11.9 Å². The van der Waals surface area contributed by atoms with Gasteiger partial charge in [-0.15, -0.1) is 0 Å². The predicted octanol–water partition coefficient (Wildman–Crippen LogP) is 3.03. The molecule has 0 bridgehead atoms. The quantitative estimate of drug-likeness (QED) is 0.793. The van der Waals surface area contributed by atoms with Crippen LogP contribution < -0.4 is 5.73 Å². The third-order valence-electron chi connectivity index (χ3n) is 2.94. The molecule has 1 aliphatic carbocycles. The second-order valence-corrected chi connectivity index (χ2v) is 5.04. The van der Waals surface area contributed by atoms with Gasteiger partial charge in [0.25, 0.3) is 0 Å². The minimum atomic E-state index is -0.138. The van der Waals surface area contributed by atoms with E-state index < -0.39 is 0 Å². The number of nitrogens with two attached hydrogens (primary N) is 1. The first kappa shape index (κ1) is 10.4. The normalized spacial score (nSPS) is 26.8. The third kappa shape index (κ3) is 1.93. The monoisotopic (exact) mass is 305 g/mol. The highest BCUT2D eigenvalue weighted by Crippen LogP contribution is 2.34. The van der Waals surface area contributed by atoms with Crippen LogP contribution in [-0.4, -0.2) is 6.04 Å². The fourth-order valence-corrected chi connectivity index (χ4v) is 2.68. The van der Waals surface area contributed by atoms with Gasteiger partial charge in [0.15, 0.2) is 0 Å². The SMILES string of the molecule is NC1CCCC1c1ccc(F)c(I)c1. The van der Waals surface area contributed by atoms with Crippen molar-refractivity contribution < 1.29 is 4.39 Å². The molecular weight excluding hydrogens is 292 g/mol. The molecule has 1 aliphatic rings. The summed E-state index contributed by atoms with van der Waals surface area (Å²) >= 11 is 2.03. The molecule has 1 aromatic rings. The van der Waals surface area contributed by atoms with Gasteiger partial charge in [0, 0.05) is 9.61 Å². The van der Waals surface area contributed by atoms with Crippen molar-refractivity contribution in [2.24, 2.45) is 5.73 Å². The summed E-state index contributed by atoms with van der Waals surface area (Å²) in [6, 6.07) is 5.59. The van der Waals surface area contributed by atoms with E-state index in [0.717, 1.165) is 12.8 Å². The van der Waals surface area contributed by atoms with Crippen molar-refractivity contribution in [2.45, 2.75) is 31.2 Å². The fourth-order valence-electron chi connectivity index (χ4n) is 2.15. The summed E-state index contributed by atoms with van der Waals surface area (Å²) in [4.78, 5) is 0. The van der Waals surface area contributed by atoms with E-state index in [4.69, 9.17) is 5.73 Å². The van der Waals surface area contributed by atoms with Crippen LogP contribution in [0.5, 0.6) is 0 Å². The maximum atomic E-state index is 13.0. The molecule has 2 atom stereocenters. The summed E-state index contributed by atoms with van der Waals surface area (Å²) in [5.41, 5.74) is 7.20. The third-order valence-corrected chi connectivity index (χ3v) is 3.77. The van der Waals surface area contributed by atoms with Crippen molar-refractivity contribution >= 4 is 22.6 Å². The summed E-state index contributed by atoms with van der Waals surface area (Å²) in [6.07, 6.45) is 3.43. The number of hydrogen-bond donors (Lipinski definition) is 1.